The van der Waals surface area contributed by atoms with Crippen LogP contribution < -0.4 is 0 Å². The number of phosphoric acid groups is 2. The number of unbranched alkanes of at least 4 members (excludes halogenated alkanes) is 48. The van der Waals surface area contributed by atoms with E-state index in [2.05, 4.69) is 41.5 Å². The smallest absolute Gasteiger partial charge is 0.462 e. The zero-order chi connectivity index (χ0) is 72.1. The average Bonchev–Trinajstić information content (AvgIpc) is 1.04. The molecule has 0 aliphatic rings. The Morgan fingerprint density at radius 2 is 0.469 bits per heavy atom. The summed E-state index contributed by atoms with van der Waals surface area (Å²) in [7, 11) is -9.91. The molecule has 0 saturated heterocycles. The summed E-state index contributed by atoms with van der Waals surface area (Å²) >= 11 is 0. The Bertz CT molecular complexity index is 1890. The molecule has 0 aliphatic heterocycles. The van der Waals surface area contributed by atoms with Crippen LogP contribution in [0.4, 0.5) is 0 Å². The third-order valence-electron chi connectivity index (χ3n) is 18.5. The Kier molecular flexibility index (Phi) is 69.3. The zero-order valence-corrected chi connectivity index (χ0v) is 65.9. The van der Waals surface area contributed by atoms with Crippen LogP contribution in [0.25, 0.3) is 0 Å². The number of carbonyl (C=O) groups is 4. The maximum Gasteiger partial charge on any atom is 0.472 e. The first-order valence-corrected chi connectivity index (χ1v) is 44.0. The standard InChI is InChI=1S/C79H154O17P2/c1-7-9-11-13-15-17-18-19-22-28-34-39-45-51-57-63-78(83)95-74(67-89-76(81)61-55-49-43-16-14-12-10-8-2)69-93-97(85,86)91-65-73(80)66-92-98(87,88)94-70-75(68-90-77(82)62-56-50-44-38-33-30-25-27-32-37-42-48-54-60-72(5)6)96-79(84)64-58-52-46-40-35-29-24-21-20-23-26-31-36-41-47-53-59-71(3)4/h71-75,80H,7-70H2,1-6H3,(H,85,86)(H,87,88)/t73-,74+,75+/m0/s1. The van der Waals surface area contributed by atoms with E-state index in [-0.39, 0.29) is 25.7 Å². The van der Waals surface area contributed by atoms with Crippen molar-refractivity contribution >= 4 is 39.5 Å². The fourth-order valence-electron chi connectivity index (χ4n) is 12.2. The minimum Gasteiger partial charge on any atom is -0.462 e. The number of rotatable bonds is 78. The molecule has 0 aliphatic carbocycles. The molecule has 0 bridgehead atoms. The molecule has 0 aromatic rings. The van der Waals surface area contributed by atoms with Gasteiger partial charge in [0.1, 0.15) is 19.3 Å². The summed E-state index contributed by atoms with van der Waals surface area (Å²) in [6, 6.07) is 0. The predicted molar refractivity (Wildman–Crippen MR) is 400 cm³/mol. The Hall–Kier alpha value is -1.94. The lowest BCUT2D eigenvalue weighted by Gasteiger charge is -2.21. The van der Waals surface area contributed by atoms with Crippen LogP contribution in [0, 0.1) is 11.8 Å². The van der Waals surface area contributed by atoms with Crippen molar-refractivity contribution in [1.29, 1.82) is 0 Å². The molecule has 0 radical (unpaired) electrons. The van der Waals surface area contributed by atoms with Crippen LogP contribution >= 0.6 is 15.6 Å². The first kappa shape index (κ1) is 96.1. The molecule has 5 atom stereocenters. The Balaban J connectivity index is 5.21. The van der Waals surface area contributed by atoms with Crippen LogP contribution in [0.3, 0.4) is 0 Å². The Morgan fingerprint density at radius 3 is 0.694 bits per heavy atom. The minimum atomic E-state index is -4.96. The highest BCUT2D eigenvalue weighted by molar-refractivity contribution is 7.47. The van der Waals surface area contributed by atoms with Gasteiger partial charge < -0.3 is 33.8 Å². The lowest BCUT2D eigenvalue weighted by molar-refractivity contribution is -0.161. The second-order valence-corrected chi connectivity index (χ2v) is 32.3. The van der Waals surface area contributed by atoms with Crippen molar-refractivity contribution in [2.75, 3.05) is 39.6 Å². The van der Waals surface area contributed by atoms with E-state index in [1.807, 2.05) is 0 Å². The van der Waals surface area contributed by atoms with Gasteiger partial charge in [0.15, 0.2) is 12.2 Å². The van der Waals surface area contributed by atoms with E-state index in [4.69, 9.17) is 37.0 Å². The molecule has 582 valence electrons. The molecule has 19 heteroatoms. The third kappa shape index (κ3) is 72.4. The molecule has 0 fully saturated rings. The fourth-order valence-corrected chi connectivity index (χ4v) is 13.8. The zero-order valence-electron chi connectivity index (χ0n) is 64.1. The van der Waals surface area contributed by atoms with Crippen molar-refractivity contribution in [1.82, 2.24) is 0 Å². The molecule has 0 aromatic heterocycles. The van der Waals surface area contributed by atoms with Crippen molar-refractivity contribution in [3.63, 3.8) is 0 Å². The molecule has 3 N–H and O–H groups in total. The summed E-state index contributed by atoms with van der Waals surface area (Å²) in [5.74, 6) is -0.512. The largest absolute Gasteiger partial charge is 0.472 e. The van der Waals surface area contributed by atoms with Gasteiger partial charge in [-0.25, -0.2) is 9.13 Å². The monoisotopic (exact) mass is 1440 g/mol. The van der Waals surface area contributed by atoms with Crippen LogP contribution in [0.2, 0.25) is 0 Å². The number of hydrogen-bond donors (Lipinski definition) is 3. The van der Waals surface area contributed by atoms with Crippen LogP contribution in [-0.2, 0) is 65.4 Å². The highest BCUT2D eigenvalue weighted by atomic mass is 31.2. The Morgan fingerprint density at radius 1 is 0.276 bits per heavy atom. The van der Waals surface area contributed by atoms with E-state index in [0.717, 1.165) is 108 Å². The second kappa shape index (κ2) is 70.7. The number of aliphatic hydroxyl groups is 1. The second-order valence-electron chi connectivity index (χ2n) is 29.4. The molecular formula is C79H154O17P2. The molecule has 2 unspecified atom stereocenters. The average molecular weight is 1440 g/mol. The predicted octanol–water partition coefficient (Wildman–Crippen LogP) is 23.5. The summed E-state index contributed by atoms with van der Waals surface area (Å²) in [5.41, 5.74) is 0. The topological polar surface area (TPSA) is 237 Å². The molecule has 0 heterocycles. The molecule has 0 spiro atoms. The molecule has 0 rings (SSSR count). The maximum absolute atomic E-state index is 13.1. The number of ether oxygens (including phenoxy) is 4. The van der Waals surface area contributed by atoms with E-state index in [0.29, 0.717) is 25.7 Å². The summed E-state index contributed by atoms with van der Waals surface area (Å²) in [5, 5.41) is 10.6. The molecule has 17 nitrogen and oxygen atoms in total. The van der Waals surface area contributed by atoms with Crippen LogP contribution in [0.1, 0.15) is 414 Å². The quantitative estimate of drug-likeness (QED) is 0.0222. The molecule has 0 aromatic carbocycles. The fraction of sp³-hybridized carbons (Fsp3) is 0.949. The highest BCUT2D eigenvalue weighted by Gasteiger charge is 2.30. The first-order chi connectivity index (χ1) is 47.4. The van der Waals surface area contributed by atoms with Gasteiger partial charge in [-0.3, -0.25) is 37.3 Å². The van der Waals surface area contributed by atoms with E-state index in [1.165, 1.54) is 225 Å². The van der Waals surface area contributed by atoms with Crippen LogP contribution in [0.15, 0.2) is 0 Å². The molecular weight excluding hydrogens is 1280 g/mol. The maximum atomic E-state index is 13.1. The number of aliphatic hydroxyl groups excluding tert-OH is 1. The van der Waals surface area contributed by atoms with Gasteiger partial charge in [-0.1, -0.05) is 363 Å². The summed E-state index contributed by atoms with van der Waals surface area (Å²) in [6.07, 6.45) is 59.6. The van der Waals surface area contributed by atoms with Gasteiger partial charge in [0.05, 0.1) is 26.4 Å². The van der Waals surface area contributed by atoms with Gasteiger partial charge in [-0.15, -0.1) is 0 Å². The van der Waals surface area contributed by atoms with Gasteiger partial charge in [-0.05, 0) is 37.5 Å². The summed E-state index contributed by atoms with van der Waals surface area (Å²) < 4.78 is 68.6. The molecule has 0 saturated carbocycles. The van der Waals surface area contributed by atoms with Crippen molar-refractivity contribution in [3.05, 3.63) is 0 Å². The van der Waals surface area contributed by atoms with Gasteiger partial charge in [-0.2, -0.15) is 0 Å². The number of phosphoric ester groups is 2. The highest BCUT2D eigenvalue weighted by Crippen LogP contribution is 2.45. The lowest BCUT2D eigenvalue weighted by Crippen LogP contribution is -2.30. The van der Waals surface area contributed by atoms with E-state index < -0.39 is 97.5 Å². The van der Waals surface area contributed by atoms with Crippen molar-refractivity contribution in [3.8, 4) is 0 Å². The minimum absolute atomic E-state index is 0.108. The van der Waals surface area contributed by atoms with Crippen molar-refractivity contribution in [2.45, 2.75) is 432 Å². The van der Waals surface area contributed by atoms with Gasteiger partial charge in [0, 0.05) is 25.7 Å². The van der Waals surface area contributed by atoms with E-state index in [9.17, 15) is 43.2 Å². The van der Waals surface area contributed by atoms with E-state index >= 15 is 0 Å². The lowest BCUT2D eigenvalue weighted by atomic mass is 10.0. The first-order valence-electron chi connectivity index (χ1n) is 41.0. The van der Waals surface area contributed by atoms with E-state index in [1.54, 1.807) is 0 Å². The van der Waals surface area contributed by atoms with Gasteiger partial charge in [0.25, 0.3) is 0 Å². The summed E-state index contributed by atoms with van der Waals surface area (Å²) in [4.78, 5) is 72.9. The van der Waals surface area contributed by atoms with Gasteiger partial charge >= 0.3 is 39.5 Å². The van der Waals surface area contributed by atoms with Crippen molar-refractivity contribution < 1.29 is 80.2 Å². The number of hydrogen-bond acceptors (Lipinski definition) is 15. The van der Waals surface area contributed by atoms with Crippen LogP contribution in [-0.4, -0.2) is 96.7 Å². The van der Waals surface area contributed by atoms with Crippen LogP contribution in [0.5, 0.6) is 0 Å². The Labute approximate surface area is 600 Å². The van der Waals surface area contributed by atoms with Gasteiger partial charge in [0.2, 0.25) is 0 Å². The normalized spacial score (nSPS) is 13.9. The molecule has 0 amide bonds. The molecule has 98 heavy (non-hydrogen) atoms. The number of carbonyl (C=O) groups excluding carboxylic acids is 4. The third-order valence-corrected chi connectivity index (χ3v) is 20.4. The summed E-state index contributed by atoms with van der Waals surface area (Å²) in [6.45, 7) is 9.65. The number of esters is 4. The van der Waals surface area contributed by atoms with Crippen molar-refractivity contribution in [2.24, 2.45) is 11.8 Å². The SMILES string of the molecule is CCCCCCCCCCCCCCCCCC(=O)O[C@H](COC(=O)CCCCCCCCCC)COP(=O)(O)OC[C@H](O)COP(=O)(O)OC[C@@H](COC(=O)CCCCCCCCCCCCCCCC(C)C)OC(=O)CCCCCCCCCCCCCCCCCCC(C)C.